The number of dihydropyridines is 1. The van der Waals surface area contributed by atoms with E-state index in [1.807, 2.05) is 19.9 Å². The second kappa shape index (κ2) is 11.0. The standard InChI is InChI=1S/C24H27N3O5/c1-6-31-24(29)21-20(17-9-8-16(13-26)12-18(17)30-5)19(23(28)32-11-7-10-25)15(4)27-22(21)14(2)3/h8-9,12,14,20,27H,6-7,11H2,1-5H3. The molecule has 0 aliphatic carbocycles. The molecule has 168 valence electrons. The molecular weight excluding hydrogens is 410 g/mol. The predicted molar refractivity (Wildman–Crippen MR) is 116 cm³/mol. The molecule has 1 aliphatic heterocycles. The molecule has 1 unspecified atom stereocenters. The van der Waals surface area contributed by atoms with Crippen molar-refractivity contribution in [3.05, 3.63) is 51.9 Å². The van der Waals surface area contributed by atoms with E-state index < -0.39 is 17.9 Å². The van der Waals surface area contributed by atoms with Gasteiger partial charge in [0.05, 0.1) is 54.9 Å². The number of rotatable bonds is 8. The molecule has 0 saturated heterocycles. The zero-order chi connectivity index (χ0) is 23.8. The van der Waals surface area contributed by atoms with Gasteiger partial charge in [-0.15, -0.1) is 0 Å². The first kappa shape index (κ1) is 24.5. The molecule has 0 amide bonds. The van der Waals surface area contributed by atoms with Crippen LogP contribution in [0.3, 0.4) is 0 Å². The lowest BCUT2D eigenvalue weighted by Crippen LogP contribution is -2.35. The van der Waals surface area contributed by atoms with Gasteiger partial charge < -0.3 is 19.5 Å². The first-order valence-corrected chi connectivity index (χ1v) is 10.3. The lowest BCUT2D eigenvalue weighted by molar-refractivity contribution is -0.139. The second-order valence-corrected chi connectivity index (χ2v) is 7.41. The Bertz CT molecular complexity index is 1040. The van der Waals surface area contributed by atoms with Crippen LogP contribution in [0.1, 0.15) is 51.2 Å². The van der Waals surface area contributed by atoms with Gasteiger partial charge in [-0.25, -0.2) is 9.59 Å². The van der Waals surface area contributed by atoms with Crippen molar-refractivity contribution in [2.24, 2.45) is 5.92 Å². The molecule has 8 heteroatoms. The first-order valence-electron chi connectivity index (χ1n) is 10.3. The third-order valence-corrected chi connectivity index (χ3v) is 5.01. The van der Waals surface area contributed by atoms with Gasteiger partial charge in [0.15, 0.2) is 0 Å². The summed E-state index contributed by atoms with van der Waals surface area (Å²) >= 11 is 0. The number of hydrogen-bond donors (Lipinski definition) is 1. The minimum absolute atomic E-state index is 0.0498. The Labute approximate surface area is 188 Å². The summed E-state index contributed by atoms with van der Waals surface area (Å²) in [5, 5.41) is 21.2. The van der Waals surface area contributed by atoms with E-state index in [-0.39, 0.29) is 36.7 Å². The summed E-state index contributed by atoms with van der Waals surface area (Å²) in [6, 6.07) is 8.82. The molecular formula is C24H27N3O5. The number of nitrogens with one attached hydrogen (secondary N) is 1. The Morgan fingerprint density at radius 2 is 1.84 bits per heavy atom. The molecule has 1 atom stereocenters. The van der Waals surface area contributed by atoms with Crippen molar-refractivity contribution in [3.63, 3.8) is 0 Å². The monoisotopic (exact) mass is 437 g/mol. The van der Waals surface area contributed by atoms with E-state index in [4.69, 9.17) is 19.5 Å². The number of nitriles is 2. The number of carbonyl (C=O) groups excluding carboxylic acids is 2. The maximum atomic E-state index is 13.1. The summed E-state index contributed by atoms with van der Waals surface area (Å²) < 4.78 is 16.2. The summed E-state index contributed by atoms with van der Waals surface area (Å²) in [6.45, 7) is 7.39. The quantitative estimate of drug-likeness (QED) is 0.485. The molecule has 32 heavy (non-hydrogen) atoms. The van der Waals surface area contributed by atoms with Crippen LogP contribution in [0.25, 0.3) is 0 Å². The maximum absolute atomic E-state index is 13.1. The molecule has 8 nitrogen and oxygen atoms in total. The molecule has 1 aromatic rings. The van der Waals surface area contributed by atoms with Crippen molar-refractivity contribution < 1.29 is 23.8 Å². The lowest BCUT2D eigenvalue weighted by atomic mass is 9.78. The maximum Gasteiger partial charge on any atom is 0.336 e. The fraction of sp³-hybridized carbons (Fsp3) is 0.417. The molecule has 0 bridgehead atoms. The van der Waals surface area contributed by atoms with Gasteiger partial charge in [-0.1, -0.05) is 19.9 Å². The van der Waals surface area contributed by atoms with E-state index in [1.54, 1.807) is 32.0 Å². The van der Waals surface area contributed by atoms with Crippen molar-refractivity contribution >= 4 is 11.9 Å². The first-order chi connectivity index (χ1) is 15.3. The summed E-state index contributed by atoms with van der Waals surface area (Å²) in [4.78, 5) is 26.2. The number of nitrogens with zero attached hydrogens (tertiary/aromatic N) is 2. The van der Waals surface area contributed by atoms with Crippen molar-refractivity contribution in [2.45, 2.75) is 40.0 Å². The number of esters is 2. The Morgan fingerprint density at radius 3 is 2.41 bits per heavy atom. The van der Waals surface area contributed by atoms with Crippen molar-refractivity contribution in [1.29, 1.82) is 10.5 Å². The number of benzene rings is 1. The van der Waals surface area contributed by atoms with Gasteiger partial charge in [0, 0.05) is 17.0 Å². The molecule has 0 spiro atoms. The van der Waals surface area contributed by atoms with E-state index in [1.165, 1.54) is 7.11 Å². The van der Waals surface area contributed by atoms with Crippen molar-refractivity contribution in [3.8, 4) is 17.9 Å². The zero-order valence-corrected chi connectivity index (χ0v) is 18.9. The largest absolute Gasteiger partial charge is 0.496 e. The van der Waals surface area contributed by atoms with E-state index in [2.05, 4.69) is 11.4 Å². The van der Waals surface area contributed by atoms with Gasteiger partial charge in [0.1, 0.15) is 12.4 Å². The number of carbonyl (C=O) groups is 2. The van der Waals surface area contributed by atoms with E-state index in [0.29, 0.717) is 28.3 Å². The highest BCUT2D eigenvalue weighted by Crippen LogP contribution is 2.44. The van der Waals surface area contributed by atoms with Gasteiger partial charge in [-0.2, -0.15) is 10.5 Å². The molecule has 1 aromatic carbocycles. The minimum atomic E-state index is -0.843. The van der Waals surface area contributed by atoms with Crippen LogP contribution in [0.2, 0.25) is 0 Å². The predicted octanol–water partition coefficient (Wildman–Crippen LogP) is 3.46. The minimum Gasteiger partial charge on any atom is -0.496 e. The smallest absolute Gasteiger partial charge is 0.336 e. The molecule has 1 aliphatic rings. The Kier molecular flexibility index (Phi) is 8.43. The van der Waals surface area contributed by atoms with Crippen LogP contribution in [-0.2, 0) is 19.1 Å². The van der Waals surface area contributed by atoms with Crippen molar-refractivity contribution in [1.82, 2.24) is 5.32 Å². The highest BCUT2D eigenvalue weighted by Gasteiger charge is 2.40. The van der Waals surface area contributed by atoms with Crippen LogP contribution < -0.4 is 10.1 Å². The third-order valence-electron chi connectivity index (χ3n) is 5.01. The molecule has 2 rings (SSSR count). The normalized spacial score (nSPS) is 15.6. The average molecular weight is 437 g/mol. The van der Waals surface area contributed by atoms with Gasteiger partial charge in [0.25, 0.3) is 0 Å². The Hall–Kier alpha value is -3.78. The molecule has 1 heterocycles. The summed E-state index contributed by atoms with van der Waals surface area (Å²) in [5.74, 6) is -1.77. The Balaban J connectivity index is 2.78. The second-order valence-electron chi connectivity index (χ2n) is 7.41. The highest BCUT2D eigenvalue weighted by atomic mass is 16.5. The van der Waals surface area contributed by atoms with E-state index >= 15 is 0 Å². The molecule has 0 aromatic heterocycles. The van der Waals surface area contributed by atoms with Crippen LogP contribution in [-0.4, -0.2) is 32.3 Å². The number of ether oxygens (including phenoxy) is 3. The molecule has 1 N–H and O–H groups in total. The fourth-order valence-corrected chi connectivity index (χ4v) is 3.61. The SMILES string of the molecule is CCOC(=O)C1=C(C(C)C)NC(C)=C(C(=O)OCCC#N)C1c1ccc(C#N)cc1OC. The third kappa shape index (κ3) is 5.09. The van der Waals surface area contributed by atoms with Gasteiger partial charge in [-0.05, 0) is 31.9 Å². The average Bonchev–Trinajstić information content (AvgIpc) is 2.77. The summed E-state index contributed by atoms with van der Waals surface area (Å²) in [6.07, 6.45) is 0.0498. The van der Waals surface area contributed by atoms with Gasteiger partial charge >= 0.3 is 11.9 Å². The van der Waals surface area contributed by atoms with Gasteiger partial charge in [0.2, 0.25) is 0 Å². The summed E-state index contributed by atoms with van der Waals surface area (Å²) in [7, 11) is 1.46. The van der Waals surface area contributed by atoms with E-state index in [9.17, 15) is 14.9 Å². The fourth-order valence-electron chi connectivity index (χ4n) is 3.61. The zero-order valence-electron chi connectivity index (χ0n) is 18.9. The van der Waals surface area contributed by atoms with Crippen LogP contribution in [0.15, 0.2) is 40.7 Å². The number of allylic oxidation sites excluding steroid dienone is 2. The number of hydrogen-bond acceptors (Lipinski definition) is 8. The number of methoxy groups -OCH3 is 1. The molecule has 0 saturated carbocycles. The van der Waals surface area contributed by atoms with Crippen LogP contribution in [0, 0.1) is 28.6 Å². The highest BCUT2D eigenvalue weighted by molar-refractivity contribution is 6.00. The van der Waals surface area contributed by atoms with Gasteiger partial charge in [-0.3, -0.25) is 0 Å². The van der Waals surface area contributed by atoms with Crippen LogP contribution >= 0.6 is 0 Å². The Morgan fingerprint density at radius 1 is 1.16 bits per heavy atom. The summed E-state index contributed by atoms with van der Waals surface area (Å²) in [5.41, 5.74) is 2.57. The van der Waals surface area contributed by atoms with Crippen LogP contribution in [0.4, 0.5) is 0 Å². The topological polar surface area (TPSA) is 121 Å². The molecule has 0 fully saturated rings. The van der Waals surface area contributed by atoms with E-state index in [0.717, 1.165) is 0 Å². The molecule has 0 radical (unpaired) electrons. The van der Waals surface area contributed by atoms with Crippen molar-refractivity contribution in [2.75, 3.05) is 20.3 Å². The van der Waals surface area contributed by atoms with Crippen LogP contribution in [0.5, 0.6) is 5.75 Å². The lowest BCUT2D eigenvalue weighted by Gasteiger charge is -2.33.